The molecule has 1 fully saturated rings. The molecule has 0 spiro atoms. The Morgan fingerprint density at radius 2 is 1.79 bits per heavy atom. The lowest BCUT2D eigenvalue weighted by atomic mass is 9.67. The highest BCUT2D eigenvalue weighted by molar-refractivity contribution is 4.82. The van der Waals surface area contributed by atoms with E-state index in [0.29, 0.717) is 5.41 Å². The van der Waals surface area contributed by atoms with Crippen LogP contribution in [-0.2, 0) is 0 Å². The topological polar surface area (TPSA) is 0 Å². The fraction of sp³-hybridized carbons (Fsp3) is 1.00. The van der Waals surface area contributed by atoms with Gasteiger partial charge in [-0.3, -0.25) is 0 Å². The van der Waals surface area contributed by atoms with Crippen molar-refractivity contribution in [2.75, 3.05) is 0 Å². The van der Waals surface area contributed by atoms with E-state index in [4.69, 9.17) is 0 Å². The second-order valence-corrected chi connectivity index (χ2v) is 8.24. The number of hydrogen-bond donors (Lipinski definition) is 0. The molecule has 0 N–H and O–H groups in total. The summed E-state index contributed by atoms with van der Waals surface area (Å²) in [7, 11) is 0. The van der Waals surface area contributed by atoms with Gasteiger partial charge in [-0.1, -0.05) is 67.2 Å². The third kappa shape index (κ3) is 5.48. The molecule has 0 aromatic heterocycles. The van der Waals surface area contributed by atoms with E-state index in [1.54, 1.807) is 0 Å². The maximum absolute atomic E-state index is 2.55. The van der Waals surface area contributed by atoms with Crippen molar-refractivity contribution in [2.45, 2.75) is 92.9 Å². The van der Waals surface area contributed by atoms with Crippen molar-refractivity contribution >= 4 is 0 Å². The van der Waals surface area contributed by atoms with Gasteiger partial charge >= 0.3 is 0 Å². The van der Waals surface area contributed by atoms with E-state index in [2.05, 4.69) is 41.5 Å². The largest absolute Gasteiger partial charge is 0.0654 e. The molecular formula is C19H38. The van der Waals surface area contributed by atoms with Gasteiger partial charge in [0.2, 0.25) is 0 Å². The summed E-state index contributed by atoms with van der Waals surface area (Å²) < 4.78 is 0. The first-order chi connectivity index (χ1) is 8.87. The molecule has 0 saturated heterocycles. The first kappa shape index (κ1) is 17.1. The molecule has 0 aliphatic heterocycles. The summed E-state index contributed by atoms with van der Waals surface area (Å²) in [5.41, 5.74) is 0.573. The van der Waals surface area contributed by atoms with E-state index >= 15 is 0 Å². The molecule has 0 heteroatoms. The molecule has 0 heterocycles. The zero-order valence-corrected chi connectivity index (χ0v) is 14.5. The molecule has 2 unspecified atom stereocenters. The molecule has 0 bridgehead atoms. The highest BCUT2D eigenvalue weighted by Crippen LogP contribution is 2.42. The summed E-state index contributed by atoms with van der Waals surface area (Å²) >= 11 is 0. The van der Waals surface area contributed by atoms with Gasteiger partial charge in [-0.15, -0.1) is 0 Å². The van der Waals surface area contributed by atoms with Gasteiger partial charge in [0.15, 0.2) is 0 Å². The van der Waals surface area contributed by atoms with Crippen LogP contribution in [0.25, 0.3) is 0 Å². The van der Waals surface area contributed by atoms with Crippen molar-refractivity contribution in [3.05, 3.63) is 0 Å². The van der Waals surface area contributed by atoms with Gasteiger partial charge in [0.25, 0.3) is 0 Å². The van der Waals surface area contributed by atoms with Gasteiger partial charge in [-0.05, 0) is 54.8 Å². The van der Waals surface area contributed by atoms with Crippen LogP contribution < -0.4 is 0 Å². The lowest BCUT2D eigenvalue weighted by Gasteiger charge is -2.38. The molecule has 19 heavy (non-hydrogen) atoms. The fourth-order valence-corrected chi connectivity index (χ4v) is 4.12. The van der Waals surface area contributed by atoms with Gasteiger partial charge in [0.1, 0.15) is 0 Å². The Kier molecular flexibility index (Phi) is 6.91. The summed E-state index contributed by atoms with van der Waals surface area (Å²) in [6.45, 7) is 14.6. The minimum atomic E-state index is 0.573. The Balaban J connectivity index is 2.33. The molecule has 2 atom stereocenters. The first-order valence-corrected chi connectivity index (χ1v) is 8.87. The predicted octanol–water partition coefficient (Wildman–Crippen LogP) is 6.69. The molecule has 0 amide bonds. The van der Waals surface area contributed by atoms with E-state index in [9.17, 15) is 0 Å². The van der Waals surface area contributed by atoms with Gasteiger partial charge in [-0.2, -0.15) is 0 Å². The molecule has 0 radical (unpaired) electrons. The minimum Gasteiger partial charge on any atom is -0.0654 e. The monoisotopic (exact) mass is 266 g/mol. The molecule has 1 saturated carbocycles. The van der Waals surface area contributed by atoms with Crippen molar-refractivity contribution in [2.24, 2.45) is 29.1 Å². The van der Waals surface area contributed by atoms with Gasteiger partial charge in [-0.25, -0.2) is 0 Å². The Morgan fingerprint density at radius 3 is 2.26 bits per heavy atom. The van der Waals surface area contributed by atoms with E-state index in [1.807, 2.05) is 0 Å². The third-order valence-corrected chi connectivity index (χ3v) is 5.82. The summed E-state index contributed by atoms with van der Waals surface area (Å²) in [5.74, 6) is 3.82. The van der Waals surface area contributed by atoms with E-state index in [1.165, 1.54) is 51.4 Å². The van der Waals surface area contributed by atoms with E-state index < -0.39 is 0 Å². The zero-order chi connectivity index (χ0) is 14.5. The predicted molar refractivity (Wildman–Crippen MR) is 87.4 cm³/mol. The van der Waals surface area contributed by atoms with Crippen LogP contribution >= 0.6 is 0 Å². The third-order valence-electron chi connectivity index (χ3n) is 5.82. The highest BCUT2D eigenvalue weighted by atomic mass is 14.4. The Labute approximate surface area is 122 Å². The van der Waals surface area contributed by atoms with Crippen LogP contribution in [-0.4, -0.2) is 0 Å². The zero-order valence-electron chi connectivity index (χ0n) is 14.5. The quantitative estimate of drug-likeness (QED) is 0.436. The second-order valence-electron chi connectivity index (χ2n) is 8.24. The minimum absolute atomic E-state index is 0.573. The standard InChI is InChI=1S/C19H38/c1-7-9-16(4)14-19(6,15(2)3)11-8-10-18-12-17(5)13-18/h15-18H,7-14H2,1-6H3. The molecule has 1 rings (SSSR count). The van der Waals surface area contributed by atoms with Crippen LogP contribution in [0.2, 0.25) is 0 Å². The van der Waals surface area contributed by atoms with Crippen molar-refractivity contribution in [1.82, 2.24) is 0 Å². The lowest BCUT2D eigenvalue weighted by Crippen LogP contribution is -2.27. The molecule has 0 aromatic carbocycles. The smallest absolute Gasteiger partial charge is 0.0300 e. The SMILES string of the molecule is CCCC(C)CC(C)(CCCC1CC(C)C1)C(C)C. The maximum atomic E-state index is 2.55. The Hall–Kier alpha value is 0. The van der Waals surface area contributed by atoms with Crippen LogP contribution in [0, 0.1) is 29.1 Å². The van der Waals surface area contributed by atoms with Crippen molar-refractivity contribution in [3.63, 3.8) is 0 Å². The summed E-state index contributed by atoms with van der Waals surface area (Å²) in [4.78, 5) is 0. The molecule has 0 nitrogen and oxygen atoms in total. The fourth-order valence-electron chi connectivity index (χ4n) is 4.12. The van der Waals surface area contributed by atoms with Crippen molar-refractivity contribution in [3.8, 4) is 0 Å². The molecular weight excluding hydrogens is 228 g/mol. The first-order valence-electron chi connectivity index (χ1n) is 8.87. The lowest BCUT2D eigenvalue weighted by molar-refractivity contribution is 0.129. The Bertz CT molecular complexity index is 236. The van der Waals surface area contributed by atoms with Gasteiger partial charge < -0.3 is 0 Å². The molecule has 1 aliphatic carbocycles. The number of rotatable bonds is 9. The average molecular weight is 267 g/mol. The van der Waals surface area contributed by atoms with Gasteiger partial charge in [0.05, 0.1) is 0 Å². The molecule has 114 valence electrons. The van der Waals surface area contributed by atoms with Crippen LogP contribution in [0.4, 0.5) is 0 Å². The second kappa shape index (κ2) is 7.70. The van der Waals surface area contributed by atoms with E-state index in [0.717, 1.165) is 23.7 Å². The maximum Gasteiger partial charge on any atom is -0.0300 e. The molecule has 0 aromatic rings. The average Bonchev–Trinajstić information content (AvgIpc) is 2.26. The normalized spacial score (nSPS) is 27.9. The van der Waals surface area contributed by atoms with Gasteiger partial charge in [0, 0.05) is 0 Å². The van der Waals surface area contributed by atoms with Crippen molar-refractivity contribution in [1.29, 1.82) is 0 Å². The Morgan fingerprint density at radius 1 is 1.16 bits per heavy atom. The molecule has 1 aliphatic rings. The van der Waals surface area contributed by atoms with Crippen LogP contribution in [0.5, 0.6) is 0 Å². The van der Waals surface area contributed by atoms with Crippen molar-refractivity contribution < 1.29 is 0 Å². The summed E-state index contributed by atoms with van der Waals surface area (Å²) in [6.07, 6.45) is 11.6. The van der Waals surface area contributed by atoms with Crippen LogP contribution in [0.15, 0.2) is 0 Å². The summed E-state index contributed by atoms with van der Waals surface area (Å²) in [6, 6.07) is 0. The summed E-state index contributed by atoms with van der Waals surface area (Å²) in [5, 5.41) is 0. The highest BCUT2D eigenvalue weighted by Gasteiger charge is 2.31. The van der Waals surface area contributed by atoms with Crippen LogP contribution in [0.3, 0.4) is 0 Å². The van der Waals surface area contributed by atoms with Crippen LogP contribution in [0.1, 0.15) is 92.9 Å². The van der Waals surface area contributed by atoms with E-state index in [-0.39, 0.29) is 0 Å². The number of hydrogen-bond acceptors (Lipinski definition) is 0.